The quantitative estimate of drug-likeness (QED) is 0.127. The van der Waals surface area contributed by atoms with Gasteiger partial charge >= 0.3 is 7.47 Å². The van der Waals surface area contributed by atoms with Crippen LogP contribution in [0, 0.1) is 23.7 Å². The normalized spacial score (nSPS) is 14.7. The molecule has 6 nitrogen and oxygen atoms in total. The second kappa shape index (κ2) is 15.9. The summed E-state index contributed by atoms with van der Waals surface area (Å²) >= 11 is 0. The minimum Gasteiger partial charge on any atom is -0.503 e. The van der Waals surface area contributed by atoms with Crippen molar-refractivity contribution in [3.05, 3.63) is 123 Å². The number of hydrogen-bond donors (Lipinski definition) is 2. The molecule has 9 heteroatoms. The van der Waals surface area contributed by atoms with Gasteiger partial charge in [-0.1, -0.05) is 51.7 Å². The van der Waals surface area contributed by atoms with Crippen molar-refractivity contribution in [3.8, 4) is 35.2 Å². The highest BCUT2D eigenvalue weighted by Crippen LogP contribution is 2.30. The third-order valence-corrected chi connectivity index (χ3v) is 8.01. The third-order valence-electron chi connectivity index (χ3n) is 8.01. The van der Waals surface area contributed by atoms with Gasteiger partial charge in [0.25, 0.3) is 0 Å². The Kier molecular flexibility index (Phi) is 11.3. The second-order valence-corrected chi connectivity index (χ2v) is 11.0. The molecule has 0 saturated carbocycles. The molecule has 2 aromatic carbocycles. The number of ether oxygens (including phenoxy) is 2. The molecule has 1 aliphatic rings. The van der Waals surface area contributed by atoms with Gasteiger partial charge in [0.1, 0.15) is 30.5 Å². The van der Waals surface area contributed by atoms with E-state index in [-0.39, 0.29) is 5.76 Å². The monoisotopic (exact) mass is 646 g/mol. The summed E-state index contributed by atoms with van der Waals surface area (Å²) in [6, 6.07) is 14.9. The predicted octanol–water partition coefficient (Wildman–Crippen LogP) is 7.88. The van der Waals surface area contributed by atoms with Gasteiger partial charge in [0.2, 0.25) is 5.78 Å². The van der Waals surface area contributed by atoms with Crippen molar-refractivity contribution in [1.29, 1.82) is 0 Å². The van der Waals surface area contributed by atoms with Crippen molar-refractivity contribution in [2.45, 2.75) is 53.4 Å². The SMILES string of the molecule is CCc1c2[nH]c(c1CC)C(=O)/C=C(/OB(F)F)c1[nH]c(c(CC)c1CC)C#Cc1cccc(c1)OC/C=C\COc1cccc(c1)C#C2. The number of rotatable bonds is 6. The van der Waals surface area contributed by atoms with Gasteiger partial charge in [-0.15, -0.1) is 0 Å². The van der Waals surface area contributed by atoms with Gasteiger partial charge in [-0.25, -0.2) is 8.63 Å². The second-order valence-electron chi connectivity index (χ2n) is 11.0. The molecule has 0 unspecified atom stereocenters. The maximum atomic E-state index is 13.9. The summed E-state index contributed by atoms with van der Waals surface area (Å²) in [7, 11) is -3.15. The Bertz CT molecular complexity index is 1980. The fraction of sp³-hybridized carbons (Fsp3) is 0.256. The number of hydrogen-bond acceptors (Lipinski definition) is 4. The van der Waals surface area contributed by atoms with E-state index < -0.39 is 13.3 Å². The number of H-pyrrole nitrogens is 2. The third kappa shape index (κ3) is 7.93. The van der Waals surface area contributed by atoms with E-state index in [1.165, 1.54) is 0 Å². The highest BCUT2D eigenvalue weighted by atomic mass is 19.2. The zero-order chi connectivity index (χ0) is 34.0. The van der Waals surface area contributed by atoms with E-state index >= 15 is 0 Å². The Morgan fingerprint density at radius 1 is 0.708 bits per heavy atom. The Labute approximate surface area is 280 Å². The zero-order valence-corrected chi connectivity index (χ0v) is 27.6. The summed E-state index contributed by atoms with van der Waals surface area (Å²) in [5.74, 6) is 13.3. The van der Waals surface area contributed by atoms with Gasteiger partial charge in [0.15, 0.2) is 0 Å². The first-order valence-electron chi connectivity index (χ1n) is 16.2. The van der Waals surface area contributed by atoms with Crippen LogP contribution in [0.1, 0.15) is 88.6 Å². The number of aromatic amines is 2. The van der Waals surface area contributed by atoms with Gasteiger partial charge in [-0.05, 0) is 108 Å². The van der Waals surface area contributed by atoms with Crippen molar-refractivity contribution < 1.29 is 27.6 Å². The van der Waals surface area contributed by atoms with E-state index in [4.69, 9.17) is 14.1 Å². The maximum absolute atomic E-state index is 13.9. The maximum Gasteiger partial charge on any atom is 0.796 e. The molecule has 0 spiro atoms. The Balaban J connectivity index is 1.67. The van der Waals surface area contributed by atoms with Crippen LogP contribution in [-0.2, 0) is 30.3 Å². The van der Waals surface area contributed by atoms with Crippen LogP contribution in [0.2, 0.25) is 0 Å². The molecule has 5 rings (SSSR count). The van der Waals surface area contributed by atoms with Crippen molar-refractivity contribution >= 4 is 19.0 Å². The fourth-order valence-corrected chi connectivity index (χ4v) is 5.82. The number of nitrogens with one attached hydrogen (secondary N) is 2. The molecular formula is C39H37BF2N2O4. The average molecular weight is 647 g/mol. The number of carbonyl (C=O) groups excluding carboxylic acids is 1. The van der Waals surface area contributed by atoms with Crippen LogP contribution in [0.25, 0.3) is 5.76 Å². The topological polar surface area (TPSA) is 76.3 Å². The molecule has 2 aromatic heterocycles. The molecular weight excluding hydrogens is 609 g/mol. The van der Waals surface area contributed by atoms with Crippen molar-refractivity contribution in [1.82, 2.24) is 9.97 Å². The van der Waals surface area contributed by atoms with Crippen LogP contribution in [0.3, 0.4) is 0 Å². The van der Waals surface area contributed by atoms with Crippen molar-refractivity contribution in [2.75, 3.05) is 13.2 Å². The van der Waals surface area contributed by atoms with Crippen molar-refractivity contribution in [3.63, 3.8) is 0 Å². The van der Waals surface area contributed by atoms with Crippen LogP contribution in [0.15, 0.2) is 66.8 Å². The summed E-state index contributed by atoms with van der Waals surface area (Å²) in [4.78, 5) is 20.3. The molecule has 244 valence electrons. The fourth-order valence-electron chi connectivity index (χ4n) is 5.82. The minimum atomic E-state index is -3.15. The zero-order valence-electron chi connectivity index (χ0n) is 27.6. The van der Waals surface area contributed by atoms with E-state index in [0.717, 1.165) is 39.5 Å². The van der Waals surface area contributed by atoms with Gasteiger partial charge in [0, 0.05) is 17.2 Å². The average Bonchev–Trinajstić information content (AvgIpc) is 3.64. The molecule has 0 aliphatic carbocycles. The molecule has 4 aromatic rings. The first-order chi connectivity index (χ1) is 23.3. The Hall–Kier alpha value is -5.41. The van der Waals surface area contributed by atoms with E-state index in [0.29, 0.717) is 73.2 Å². The first kappa shape index (κ1) is 33.9. The van der Waals surface area contributed by atoms with Gasteiger partial charge in [0.05, 0.1) is 22.8 Å². The van der Waals surface area contributed by atoms with Crippen LogP contribution in [0.5, 0.6) is 11.5 Å². The molecule has 48 heavy (non-hydrogen) atoms. The van der Waals surface area contributed by atoms with Crippen LogP contribution < -0.4 is 9.47 Å². The van der Waals surface area contributed by atoms with E-state index in [1.54, 1.807) is 0 Å². The number of ketones is 1. The largest absolute Gasteiger partial charge is 0.796 e. The molecule has 0 atom stereocenters. The highest BCUT2D eigenvalue weighted by Gasteiger charge is 2.27. The number of benzene rings is 2. The molecule has 0 amide bonds. The molecule has 2 N–H and O–H groups in total. The number of aromatic nitrogens is 2. The smallest absolute Gasteiger partial charge is 0.503 e. The lowest BCUT2D eigenvalue weighted by molar-refractivity contribution is 0.104. The van der Waals surface area contributed by atoms with Gasteiger partial charge in [-0.3, -0.25) is 4.79 Å². The van der Waals surface area contributed by atoms with Gasteiger partial charge < -0.3 is 24.1 Å². The first-order valence-corrected chi connectivity index (χ1v) is 16.2. The Morgan fingerprint density at radius 3 is 1.67 bits per heavy atom. The predicted molar refractivity (Wildman–Crippen MR) is 185 cm³/mol. The van der Waals surface area contributed by atoms with E-state index in [9.17, 15) is 13.4 Å². The van der Waals surface area contributed by atoms with Crippen LogP contribution in [0.4, 0.5) is 8.63 Å². The molecule has 0 saturated heterocycles. The van der Waals surface area contributed by atoms with Crippen LogP contribution in [-0.4, -0.2) is 36.4 Å². The summed E-state index contributed by atoms with van der Waals surface area (Å²) in [6.45, 7) is 8.55. The summed E-state index contributed by atoms with van der Waals surface area (Å²) in [5.41, 5.74) is 6.58. The lowest BCUT2D eigenvalue weighted by atomic mass is 10.00. The number of halogens is 2. The lowest BCUT2D eigenvalue weighted by Crippen LogP contribution is -2.09. The van der Waals surface area contributed by atoms with Gasteiger partial charge in [-0.2, -0.15) is 0 Å². The number of carbonyl (C=O) groups is 1. The molecule has 3 heterocycles. The van der Waals surface area contributed by atoms with E-state index in [1.807, 2.05) is 88.4 Å². The number of allylic oxidation sites excluding steroid dienone is 1. The summed E-state index contributed by atoms with van der Waals surface area (Å²) in [6.07, 6.45) is 7.20. The molecule has 1 aliphatic heterocycles. The molecule has 8 bridgehead atoms. The Morgan fingerprint density at radius 2 is 1.19 bits per heavy atom. The standard InChI is InChI=1S/C39H37BF2N2O4/c1-5-30-32(7-3)38-36(45)25-37(48-40(41)42)39-33(8-4)31(6-2)35(44-39)20-18-27-14-12-16-29(24-27)47-22-10-9-21-46-28-15-11-13-26(23-28)17-19-34(30)43-38/h9-16,23-25,43-44H,5-8,21-22H2,1-4H3/b10-9-,37-25+. The van der Waals surface area contributed by atoms with Crippen molar-refractivity contribution in [2.24, 2.45) is 0 Å². The minimum absolute atomic E-state index is 0.247. The van der Waals surface area contributed by atoms with Crippen LogP contribution >= 0.6 is 0 Å². The lowest BCUT2D eigenvalue weighted by Gasteiger charge is -2.10. The molecule has 0 fully saturated rings. The number of fused-ring (bicyclic) bond motifs is 8. The highest BCUT2D eigenvalue weighted by molar-refractivity contribution is 6.36. The van der Waals surface area contributed by atoms with E-state index in [2.05, 4.69) is 33.6 Å². The summed E-state index contributed by atoms with van der Waals surface area (Å²) in [5, 5.41) is 0. The molecule has 0 radical (unpaired) electrons. The summed E-state index contributed by atoms with van der Waals surface area (Å²) < 4.78 is 44.5.